The highest BCUT2D eigenvalue weighted by Crippen LogP contribution is 2.37. The summed E-state index contributed by atoms with van der Waals surface area (Å²) >= 11 is 0.723. The van der Waals surface area contributed by atoms with Crippen LogP contribution in [0.15, 0.2) is 35.6 Å². The molecule has 2 N–H and O–H groups in total. The molecule has 14 heteroatoms. The molecule has 0 fully saturated rings. The van der Waals surface area contributed by atoms with Gasteiger partial charge < -0.3 is 10.1 Å². The Kier molecular flexibility index (Phi) is 5.96. The van der Waals surface area contributed by atoms with Gasteiger partial charge in [-0.05, 0) is 29.1 Å². The fourth-order valence-corrected chi connectivity index (χ4v) is 3.39. The lowest BCUT2D eigenvalue weighted by Crippen LogP contribution is -2.24. The lowest BCUT2D eigenvalue weighted by Gasteiger charge is -2.14. The summed E-state index contributed by atoms with van der Waals surface area (Å²) < 4.78 is 124. The minimum atomic E-state index is -5.45. The molecule has 0 atom stereocenters. The first kappa shape index (κ1) is 20.9. The number of carbonyl (C=O) groups is 2. The van der Waals surface area contributed by atoms with Gasteiger partial charge in [0.05, 0.1) is 22.3 Å². The number of nitrogens with one attached hydrogen (secondary N) is 2. The fraction of sp³-hybridized carbons (Fsp3) is 0.100. The molecule has 3 rings (SSSR count). The van der Waals surface area contributed by atoms with Crippen LogP contribution in [0, 0.1) is 23.3 Å². The Morgan fingerprint density at radius 3 is 2.26 bits per heavy atom. The molecule has 6 nitrogen and oxygen atoms in total. The number of hydrogen-bond donors (Lipinski definition) is 2. The van der Waals surface area contributed by atoms with Crippen LogP contribution in [0.2, 0.25) is 0 Å². The Morgan fingerprint density at radius 2 is 1.68 bits per heavy atom. The van der Waals surface area contributed by atoms with E-state index in [1.54, 1.807) is 5.32 Å². The van der Waals surface area contributed by atoms with Crippen LogP contribution in [0.3, 0.4) is 0 Å². The van der Waals surface area contributed by atoms with E-state index >= 15 is 0 Å². The third kappa shape index (κ3) is 5.12. The molecule has 0 radical (unpaired) electrons. The third-order valence-electron chi connectivity index (χ3n) is 3.94. The summed E-state index contributed by atoms with van der Waals surface area (Å²) in [4.78, 5) is 28.5. The molecule has 0 spiro atoms. The van der Waals surface area contributed by atoms with Crippen LogP contribution in [0.25, 0.3) is 11.1 Å². The predicted molar refractivity (Wildman–Crippen MR) is 105 cm³/mol. The zero-order chi connectivity index (χ0) is 27.8. The van der Waals surface area contributed by atoms with Crippen molar-refractivity contribution in [2.75, 3.05) is 12.4 Å². The van der Waals surface area contributed by atoms with Crippen LogP contribution < -0.4 is 15.5 Å². The summed E-state index contributed by atoms with van der Waals surface area (Å²) in [5.41, 5.74) is -3.30. The molecule has 1 aromatic heterocycles. The summed E-state index contributed by atoms with van der Waals surface area (Å²) in [7, 11) is 1.09. The van der Waals surface area contributed by atoms with Gasteiger partial charge >= 0.3 is 6.36 Å². The number of rotatable bonds is 6. The molecule has 34 heavy (non-hydrogen) atoms. The zero-order valence-electron chi connectivity index (χ0n) is 19.4. The second kappa shape index (κ2) is 9.69. The van der Waals surface area contributed by atoms with Gasteiger partial charge in [0.1, 0.15) is 16.3 Å². The molecule has 2 amide bonds. The summed E-state index contributed by atoms with van der Waals surface area (Å²) in [6.45, 7) is 0. The van der Waals surface area contributed by atoms with Gasteiger partial charge in [-0.2, -0.15) is 0 Å². The Hall–Kier alpha value is -3.65. The van der Waals surface area contributed by atoms with Crippen LogP contribution in [0.4, 0.5) is 36.4 Å². The van der Waals surface area contributed by atoms with Crippen LogP contribution >= 0.6 is 11.3 Å². The van der Waals surface area contributed by atoms with Crippen molar-refractivity contribution in [2.24, 2.45) is 0 Å². The number of alkyl halides is 3. The number of ether oxygens (including phenoxy) is 1. The minimum Gasteiger partial charge on any atom is -0.406 e. The van der Waals surface area contributed by atoms with Crippen LogP contribution in [0.1, 0.15) is 24.1 Å². The van der Waals surface area contributed by atoms with E-state index in [0.29, 0.717) is 6.07 Å². The van der Waals surface area contributed by atoms with E-state index in [-0.39, 0.29) is 4.88 Å². The number of hydrogen-bond acceptors (Lipinski definition) is 5. The van der Waals surface area contributed by atoms with Gasteiger partial charge in [0.15, 0.2) is 23.3 Å². The first-order valence-corrected chi connectivity index (χ1v) is 9.52. The van der Waals surface area contributed by atoms with Crippen molar-refractivity contribution >= 4 is 28.8 Å². The predicted octanol–water partition coefficient (Wildman–Crippen LogP) is 5.41. The molecule has 0 saturated carbocycles. The number of benzene rings is 2. The van der Waals surface area contributed by atoms with Gasteiger partial charge in [0.25, 0.3) is 11.8 Å². The number of amides is 2. The lowest BCUT2D eigenvalue weighted by atomic mass is 10.0. The number of halogens is 7. The second-order valence-corrected chi connectivity index (χ2v) is 6.98. The summed E-state index contributed by atoms with van der Waals surface area (Å²) in [5.74, 6) is -12.9. The number of hydroxylamine groups is 1. The quantitative estimate of drug-likeness (QED) is 0.264. The molecule has 180 valence electrons. The number of carbonyl (C=O) groups excluding carboxylic acids is 2. The van der Waals surface area contributed by atoms with E-state index in [0.717, 1.165) is 24.5 Å². The Labute approximate surface area is 194 Å². The summed E-state index contributed by atoms with van der Waals surface area (Å²) in [5, 5.41) is 2.83. The third-order valence-corrected chi connectivity index (χ3v) is 4.85. The van der Waals surface area contributed by atoms with Crippen molar-refractivity contribution < 1.29 is 54.0 Å². The van der Waals surface area contributed by atoms with Crippen LogP contribution in [-0.2, 0) is 4.84 Å². The Morgan fingerprint density at radius 1 is 1.03 bits per heavy atom. The molecule has 0 aliphatic heterocycles. The van der Waals surface area contributed by atoms with Crippen LogP contribution in [-0.4, -0.2) is 25.3 Å². The van der Waals surface area contributed by atoms with E-state index in [1.165, 1.54) is 5.38 Å². The SMILES string of the molecule is [2H]c1cc([2H])c(-c2c(F)c(F)c(NC(=O)c3ccsc3C(=O)NOC)c(F)c2F)c([2H])c1OC(F)(F)F. The molecular formula is C20H11F7N2O4S. The Balaban J connectivity index is 2.13. The van der Waals surface area contributed by atoms with Gasteiger partial charge in [0.2, 0.25) is 0 Å². The van der Waals surface area contributed by atoms with Gasteiger partial charge in [-0.25, -0.2) is 23.0 Å². The molecular weight excluding hydrogens is 497 g/mol. The molecule has 0 unspecified atom stereocenters. The largest absolute Gasteiger partial charge is 0.573 e. The smallest absolute Gasteiger partial charge is 0.406 e. The second-order valence-electron chi connectivity index (χ2n) is 6.07. The van der Waals surface area contributed by atoms with Crippen molar-refractivity contribution in [1.29, 1.82) is 0 Å². The Bertz CT molecular complexity index is 1390. The fourth-order valence-electron chi connectivity index (χ4n) is 2.61. The standard InChI is InChI=1S/C20H11F7N2O4S/c1-32-29-19(31)17-10(5-6-34-17)18(30)28-16-14(23)12(21)11(13(22)15(16)24)8-3-2-4-9(7-8)33-20(25,26)27/h2-7H,1H3,(H,28,30)(H,29,31)/i3D,4D,7D. The van der Waals surface area contributed by atoms with E-state index in [4.69, 9.17) is 4.11 Å². The number of thiophene rings is 1. The first-order chi connectivity index (χ1) is 17.2. The van der Waals surface area contributed by atoms with Crippen molar-refractivity contribution in [1.82, 2.24) is 5.48 Å². The monoisotopic (exact) mass is 511 g/mol. The average Bonchev–Trinajstić information content (AvgIpc) is 3.30. The van der Waals surface area contributed by atoms with E-state index in [9.17, 15) is 40.3 Å². The maximum atomic E-state index is 14.9. The molecule has 1 heterocycles. The molecule has 0 saturated heterocycles. The van der Waals surface area contributed by atoms with E-state index in [1.807, 2.05) is 5.48 Å². The van der Waals surface area contributed by atoms with E-state index < -0.39 is 87.7 Å². The summed E-state index contributed by atoms with van der Waals surface area (Å²) in [6, 6.07) is -2.45. The highest BCUT2D eigenvalue weighted by atomic mass is 32.1. The highest BCUT2D eigenvalue weighted by Gasteiger charge is 2.32. The molecule has 2 aromatic carbocycles. The maximum absolute atomic E-state index is 14.9. The van der Waals surface area contributed by atoms with Crippen molar-refractivity contribution in [3.63, 3.8) is 0 Å². The molecule has 0 aliphatic carbocycles. The van der Waals surface area contributed by atoms with Gasteiger partial charge in [0, 0.05) is 0 Å². The first-order valence-electron chi connectivity index (χ1n) is 10.1. The lowest BCUT2D eigenvalue weighted by molar-refractivity contribution is -0.274. The van der Waals surface area contributed by atoms with E-state index in [2.05, 4.69) is 9.57 Å². The minimum absolute atomic E-state index is 0.289. The summed E-state index contributed by atoms with van der Waals surface area (Å²) in [6.07, 6.45) is -5.45. The maximum Gasteiger partial charge on any atom is 0.573 e. The van der Waals surface area contributed by atoms with Gasteiger partial charge in [-0.15, -0.1) is 24.5 Å². The highest BCUT2D eigenvalue weighted by molar-refractivity contribution is 7.12. The van der Waals surface area contributed by atoms with Crippen molar-refractivity contribution in [3.8, 4) is 16.9 Å². The number of anilines is 1. The zero-order valence-corrected chi connectivity index (χ0v) is 17.2. The van der Waals surface area contributed by atoms with Gasteiger partial charge in [-0.1, -0.05) is 12.1 Å². The molecule has 0 aliphatic rings. The average molecular weight is 511 g/mol. The van der Waals surface area contributed by atoms with Gasteiger partial charge in [-0.3, -0.25) is 14.4 Å². The van der Waals surface area contributed by atoms with Crippen LogP contribution in [0.5, 0.6) is 5.75 Å². The molecule has 0 bridgehead atoms. The normalized spacial score (nSPS) is 12.5. The topological polar surface area (TPSA) is 76.7 Å². The van der Waals surface area contributed by atoms with Crippen molar-refractivity contribution in [2.45, 2.75) is 6.36 Å². The molecule has 3 aromatic rings. The van der Waals surface area contributed by atoms with Crippen molar-refractivity contribution in [3.05, 3.63) is 69.3 Å².